The summed E-state index contributed by atoms with van der Waals surface area (Å²) in [5, 5.41) is 0. The molecule has 1 heteroatoms. The fourth-order valence-electron chi connectivity index (χ4n) is 13.0. The van der Waals surface area contributed by atoms with Crippen LogP contribution in [0.3, 0.4) is 0 Å². The van der Waals surface area contributed by atoms with Gasteiger partial charge in [0, 0.05) is 16.9 Å². The quantitative estimate of drug-likeness (QED) is 0.132. The van der Waals surface area contributed by atoms with Crippen LogP contribution in [-0.4, -0.2) is 0 Å². The molecule has 0 heterocycles. The lowest BCUT2D eigenvalue weighted by molar-refractivity contribution is 0.768. The first-order valence-electron chi connectivity index (χ1n) is 26.1. The van der Waals surface area contributed by atoms with Gasteiger partial charge in [0.15, 0.2) is 0 Å². The number of benzene rings is 12. The molecule has 0 saturated heterocycles. The van der Waals surface area contributed by atoms with Gasteiger partial charge in [-0.1, -0.05) is 279 Å². The van der Waals surface area contributed by atoms with E-state index in [2.05, 4.69) is 314 Å². The molecule has 0 bridgehead atoms. The molecular weight excluding hydrogens is 903 g/mol. The average molecular weight is 954 g/mol. The normalized spacial score (nSPS) is 13.3. The Morgan fingerprint density at radius 3 is 1.11 bits per heavy atom. The van der Waals surface area contributed by atoms with Crippen molar-refractivity contribution in [2.24, 2.45) is 0 Å². The molecule has 12 aromatic carbocycles. The smallest absolute Gasteiger partial charge is 0.0714 e. The second-order valence-corrected chi connectivity index (χ2v) is 19.8. The van der Waals surface area contributed by atoms with Gasteiger partial charge in [-0.3, -0.25) is 0 Å². The summed E-state index contributed by atoms with van der Waals surface area (Å²) >= 11 is 0. The largest absolute Gasteiger partial charge is 0.310 e. The zero-order chi connectivity index (χ0) is 49.8. The predicted molar refractivity (Wildman–Crippen MR) is 312 cm³/mol. The van der Waals surface area contributed by atoms with Crippen molar-refractivity contribution in [1.29, 1.82) is 0 Å². The van der Waals surface area contributed by atoms with Crippen molar-refractivity contribution in [3.05, 3.63) is 354 Å². The number of fused-ring (bicyclic) bond motifs is 6. The maximum Gasteiger partial charge on any atom is 0.0714 e. The minimum absolute atomic E-state index is 0.533. The second kappa shape index (κ2) is 18.2. The van der Waals surface area contributed by atoms with E-state index in [0.29, 0.717) is 0 Å². The van der Waals surface area contributed by atoms with Crippen molar-refractivity contribution in [3.63, 3.8) is 0 Å². The molecule has 0 amide bonds. The summed E-state index contributed by atoms with van der Waals surface area (Å²) in [6.45, 7) is 0. The van der Waals surface area contributed by atoms with Crippen LogP contribution in [0.2, 0.25) is 0 Å². The summed E-state index contributed by atoms with van der Waals surface area (Å²) in [6.07, 6.45) is 0. The highest BCUT2D eigenvalue weighted by molar-refractivity contribution is 6.02. The van der Waals surface area contributed by atoms with Crippen molar-refractivity contribution in [2.75, 3.05) is 4.90 Å². The molecule has 0 radical (unpaired) electrons. The Hall–Kier alpha value is -9.56. The van der Waals surface area contributed by atoms with Gasteiger partial charge in [-0.15, -0.1) is 0 Å². The van der Waals surface area contributed by atoms with E-state index in [4.69, 9.17) is 0 Å². The molecule has 0 N–H and O–H groups in total. The minimum Gasteiger partial charge on any atom is -0.310 e. The van der Waals surface area contributed by atoms with Crippen LogP contribution in [0.1, 0.15) is 44.5 Å². The molecule has 352 valence electrons. The van der Waals surface area contributed by atoms with Crippen LogP contribution in [0.5, 0.6) is 0 Å². The van der Waals surface area contributed by atoms with Crippen LogP contribution in [-0.2, 0) is 10.8 Å². The fraction of sp³-hybridized carbons (Fsp3) is 0.0270. The van der Waals surface area contributed by atoms with Crippen LogP contribution in [0, 0.1) is 0 Å². The molecule has 12 aromatic rings. The van der Waals surface area contributed by atoms with Gasteiger partial charge in [-0.2, -0.15) is 0 Å². The summed E-state index contributed by atoms with van der Waals surface area (Å²) in [5.74, 6) is 0. The van der Waals surface area contributed by atoms with Crippen molar-refractivity contribution in [1.82, 2.24) is 0 Å². The zero-order valence-corrected chi connectivity index (χ0v) is 41.4. The van der Waals surface area contributed by atoms with Gasteiger partial charge in [0.1, 0.15) is 0 Å². The Morgan fingerprint density at radius 1 is 0.213 bits per heavy atom. The molecule has 2 aliphatic carbocycles. The summed E-state index contributed by atoms with van der Waals surface area (Å²) in [7, 11) is 0. The Morgan fingerprint density at radius 2 is 0.573 bits per heavy atom. The van der Waals surface area contributed by atoms with Gasteiger partial charge in [-0.05, 0) is 125 Å². The highest BCUT2D eigenvalue weighted by atomic mass is 15.1. The SMILES string of the molecule is c1ccc(-c2ccccc2-c2c(-c3ccccc3)cccc2N(c2ccc3c(c2)-c2ccccc2C3(c2ccccc2)c2ccccc2)c2ccc3c(c2)C(c2ccccc2)(c2ccccc2)c2ccccc2-3)cc1. The van der Waals surface area contributed by atoms with Crippen molar-refractivity contribution >= 4 is 17.1 Å². The molecule has 14 rings (SSSR count). The van der Waals surface area contributed by atoms with E-state index < -0.39 is 10.8 Å². The summed E-state index contributed by atoms with van der Waals surface area (Å²) in [5.41, 5.74) is 24.2. The van der Waals surface area contributed by atoms with Gasteiger partial charge in [-0.25, -0.2) is 0 Å². The standard InChI is InChI=1S/C74H51N/c1-7-26-52(27-8-1)60-38-19-20-41-65(60)72-61(53-28-9-2-10-29-53)42-25-45-71(72)75(58-47-49-69-66(50-58)63-40-22-24-44-68(63)73(69,54-30-11-3-12-31-54)55-32-13-4-14-33-55)59-46-48-64-62-39-21-23-43-67(62)74(70(64)51-59,56-34-15-5-16-35-56)57-36-17-6-18-37-57/h1-51H. The van der Waals surface area contributed by atoms with E-state index in [1.807, 2.05) is 0 Å². The van der Waals surface area contributed by atoms with Gasteiger partial charge >= 0.3 is 0 Å². The van der Waals surface area contributed by atoms with Crippen LogP contribution in [0.25, 0.3) is 55.6 Å². The van der Waals surface area contributed by atoms with Crippen LogP contribution in [0.4, 0.5) is 17.1 Å². The minimum atomic E-state index is -0.591. The lowest BCUT2D eigenvalue weighted by atomic mass is 9.67. The molecular formula is C74H51N. The lowest BCUT2D eigenvalue weighted by Crippen LogP contribution is -2.29. The van der Waals surface area contributed by atoms with Crippen molar-refractivity contribution < 1.29 is 0 Å². The molecule has 0 unspecified atom stereocenters. The number of hydrogen-bond donors (Lipinski definition) is 0. The van der Waals surface area contributed by atoms with Crippen LogP contribution in [0.15, 0.2) is 309 Å². The average Bonchev–Trinajstić information content (AvgIpc) is 4.06. The molecule has 75 heavy (non-hydrogen) atoms. The maximum atomic E-state index is 2.56. The molecule has 0 atom stereocenters. The Labute approximate surface area is 440 Å². The number of hydrogen-bond acceptors (Lipinski definition) is 1. The van der Waals surface area contributed by atoms with Crippen LogP contribution >= 0.6 is 0 Å². The molecule has 0 saturated carbocycles. The third-order valence-electron chi connectivity index (χ3n) is 16.0. The van der Waals surface area contributed by atoms with Gasteiger partial charge in [0.05, 0.1) is 16.5 Å². The molecule has 0 spiro atoms. The molecule has 2 aliphatic rings. The van der Waals surface area contributed by atoms with Crippen molar-refractivity contribution in [3.8, 4) is 55.6 Å². The van der Waals surface area contributed by atoms with E-state index in [1.165, 1.54) is 83.5 Å². The summed E-state index contributed by atoms with van der Waals surface area (Å²) < 4.78 is 0. The number of rotatable bonds is 10. The zero-order valence-electron chi connectivity index (χ0n) is 41.4. The Kier molecular flexibility index (Phi) is 10.7. The predicted octanol–water partition coefficient (Wildman–Crippen LogP) is 18.9. The fourth-order valence-corrected chi connectivity index (χ4v) is 13.0. The maximum absolute atomic E-state index is 2.56. The van der Waals surface area contributed by atoms with E-state index in [9.17, 15) is 0 Å². The second-order valence-electron chi connectivity index (χ2n) is 19.8. The Bertz CT molecular complexity index is 3960. The van der Waals surface area contributed by atoms with E-state index in [-0.39, 0.29) is 0 Å². The number of nitrogens with zero attached hydrogens (tertiary/aromatic N) is 1. The summed E-state index contributed by atoms with van der Waals surface area (Å²) in [6, 6.07) is 115. The number of anilines is 3. The first kappa shape index (κ1) is 44.2. The topological polar surface area (TPSA) is 3.24 Å². The third-order valence-corrected chi connectivity index (χ3v) is 16.0. The Balaban J connectivity index is 1.10. The highest BCUT2D eigenvalue weighted by Gasteiger charge is 2.48. The van der Waals surface area contributed by atoms with E-state index in [0.717, 1.165) is 33.8 Å². The first-order valence-corrected chi connectivity index (χ1v) is 26.1. The van der Waals surface area contributed by atoms with E-state index >= 15 is 0 Å². The van der Waals surface area contributed by atoms with Gasteiger partial charge in [0.2, 0.25) is 0 Å². The monoisotopic (exact) mass is 953 g/mol. The third kappa shape index (κ3) is 6.86. The van der Waals surface area contributed by atoms with Crippen LogP contribution < -0.4 is 4.90 Å². The molecule has 0 aliphatic heterocycles. The van der Waals surface area contributed by atoms with Gasteiger partial charge in [0.25, 0.3) is 0 Å². The van der Waals surface area contributed by atoms with E-state index in [1.54, 1.807) is 0 Å². The molecule has 1 nitrogen and oxygen atoms in total. The van der Waals surface area contributed by atoms with Gasteiger partial charge < -0.3 is 4.90 Å². The van der Waals surface area contributed by atoms with Crippen molar-refractivity contribution in [2.45, 2.75) is 10.8 Å². The molecule has 0 aromatic heterocycles. The highest BCUT2D eigenvalue weighted by Crippen LogP contribution is 2.60. The summed E-state index contributed by atoms with van der Waals surface area (Å²) in [4.78, 5) is 2.56. The molecule has 0 fully saturated rings. The first-order chi connectivity index (χ1) is 37.2. The lowest BCUT2D eigenvalue weighted by Gasteiger charge is -2.36.